The molecule has 3 aromatic carbocycles. The maximum absolute atomic E-state index is 12.1. The average molecular weight is 404 g/mol. The summed E-state index contributed by atoms with van der Waals surface area (Å²) in [5.41, 5.74) is 3.08. The molecule has 4 nitrogen and oxygen atoms in total. The van der Waals surface area contributed by atoms with Crippen LogP contribution in [-0.4, -0.2) is 12.6 Å². The molecule has 0 saturated heterocycles. The van der Waals surface area contributed by atoms with E-state index in [9.17, 15) is 10.1 Å². The number of esters is 1. The van der Waals surface area contributed by atoms with E-state index in [1.54, 1.807) is 60.7 Å². The van der Waals surface area contributed by atoms with Gasteiger partial charge in [-0.1, -0.05) is 53.6 Å². The van der Waals surface area contributed by atoms with Crippen LogP contribution in [0.25, 0.3) is 11.6 Å². The van der Waals surface area contributed by atoms with Gasteiger partial charge < -0.3 is 9.47 Å². The second kappa shape index (κ2) is 9.59. The highest BCUT2D eigenvalue weighted by molar-refractivity contribution is 6.30. The van der Waals surface area contributed by atoms with Crippen LogP contribution in [0.2, 0.25) is 5.02 Å². The van der Waals surface area contributed by atoms with E-state index in [0.29, 0.717) is 22.1 Å². The number of hydrogen-bond donors (Lipinski definition) is 0. The second-order valence-corrected chi connectivity index (χ2v) is 6.76. The zero-order valence-electron chi connectivity index (χ0n) is 15.8. The van der Waals surface area contributed by atoms with Crippen LogP contribution in [0.5, 0.6) is 11.5 Å². The van der Waals surface area contributed by atoms with Crippen molar-refractivity contribution >= 4 is 29.2 Å². The van der Waals surface area contributed by atoms with Gasteiger partial charge in [0.15, 0.2) is 6.61 Å². The van der Waals surface area contributed by atoms with Gasteiger partial charge in [-0.15, -0.1) is 0 Å². The lowest BCUT2D eigenvalue weighted by molar-refractivity contribution is -0.136. The number of ether oxygens (including phenoxy) is 2. The fraction of sp³-hybridized carbons (Fsp3) is 0.0833. The molecule has 0 N–H and O–H groups in total. The monoisotopic (exact) mass is 403 g/mol. The molecule has 29 heavy (non-hydrogen) atoms. The Morgan fingerprint density at radius 3 is 2.45 bits per heavy atom. The number of benzene rings is 3. The minimum absolute atomic E-state index is 0.197. The molecule has 0 spiro atoms. The largest absolute Gasteiger partial charge is 0.482 e. The molecule has 0 atom stereocenters. The molecular weight excluding hydrogens is 386 g/mol. The number of nitriles is 1. The molecule has 3 rings (SSSR count). The lowest BCUT2D eigenvalue weighted by Gasteiger charge is -2.08. The molecule has 0 aliphatic carbocycles. The molecular formula is C24H18ClNO3. The smallest absolute Gasteiger partial charge is 0.349 e. The van der Waals surface area contributed by atoms with Gasteiger partial charge in [0, 0.05) is 5.02 Å². The Balaban J connectivity index is 1.66. The van der Waals surface area contributed by atoms with Crippen molar-refractivity contribution in [2.45, 2.75) is 6.92 Å². The summed E-state index contributed by atoms with van der Waals surface area (Å²) in [6, 6.07) is 23.6. The third-order valence-electron chi connectivity index (χ3n) is 4.05. The lowest BCUT2D eigenvalue weighted by Crippen LogP contribution is -2.17. The van der Waals surface area contributed by atoms with E-state index in [1.165, 1.54) is 0 Å². The first-order chi connectivity index (χ1) is 14.0. The first kappa shape index (κ1) is 20.2. The van der Waals surface area contributed by atoms with Gasteiger partial charge in [0.1, 0.15) is 11.5 Å². The van der Waals surface area contributed by atoms with Crippen molar-refractivity contribution in [1.29, 1.82) is 5.26 Å². The van der Waals surface area contributed by atoms with Crippen LogP contribution in [0.4, 0.5) is 0 Å². The Morgan fingerprint density at radius 2 is 1.76 bits per heavy atom. The standard InChI is InChI=1S/C24H18ClNO3/c1-17-5-11-22(12-6-17)28-16-24(27)29-23-4-2-3-18(14-23)13-20(15-26)19-7-9-21(25)10-8-19/h2-14H,16H2,1H3/b20-13-. The number of aryl methyl sites for hydroxylation is 1. The number of allylic oxidation sites excluding steroid dienone is 1. The molecule has 0 heterocycles. The van der Waals surface area contributed by atoms with E-state index in [4.69, 9.17) is 21.1 Å². The summed E-state index contributed by atoms with van der Waals surface area (Å²) in [6.07, 6.45) is 1.73. The van der Waals surface area contributed by atoms with Crippen LogP contribution >= 0.6 is 11.6 Å². The van der Waals surface area contributed by atoms with Gasteiger partial charge in [-0.2, -0.15) is 5.26 Å². The van der Waals surface area contributed by atoms with Gasteiger partial charge in [-0.05, 0) is 60.5 Å². The Labute approximate surface area is 174 Å². The van der Waals surface area contributed by atoms with Crippen molar-refractivity contribution in [1.82, 2.24) is 0 Å². The fourth-order valence-electron chi connectivity index (χ4n) is 2.58. The SMILES string of the molecule is Cc1ccc(OCC(=O)Oc2cccc(/C=C(/C#N)c3ccc(Cl)cc3)c2)cc1. The third-order valence-corrected chi connectivity index (χ3v) is 4.31. The minimum Gasteiger partial charge on any atom is -0.482 e. The van der Waals surface area contributed by atoms with Crippen molar-refractivity contribution in [3.63, 3.8) is 0 Å². The topological polar surface area (TPSA) is 59.3 Å². The van der Waals surface area contributed by atoms with Crippen molar-refractivity contribution in [3.05, 3.63) is 94.5 Å². The van der Waals surface area contributed by atoms with Crippen molar-refractivity contribution < 1.29 is 14.3 Å². The number of carbonyl (C=O) groups excluding carboxylic acids is 1. The highest BCUT2D eigenvalue weighted by atomic mass is 35.5. The summed E-state index contributed by atoms with van der Waals surface area (Å²) in [5, 5.41) is 10.1. The molecule has 144 valence electrons. The molecule has 0 aromatic heterocycles. The van der Waals surface area contributed by atoms with Gasteiger partial charge in [0.05, 0.1) is 11.6 Å². The number of nitrogens with zero attached hydrogens (tertiary/aromatic N) is 1. The predicted octanol–water partition coefficient (Wildman–Crippen LogP) is 5.70. The van der Waals surface area contributed by atoms with Crippen molar-refractivity contribution in [2.75, 3.05) is 6.61 Å². The molecule has 3 aromatic rings. The van der Waals surface area contributed by atoms with Crippen molar-refractivity contribution in [2.24, 2.45) is 0 Å². The molecule has 5 heteroatoms. The van der Waals surface area contributed by atoms with Crippen LogP contribution in [-0.2, 0) is 4.79 Å². The van der Waals surface area contributed by atoms with E-state index in [0.717, 1.165) is 16.7 Å². The highest BCUT2D eigenvalue weighted by Crippen LogP contribution is 2.22. The van der Waals surface area contributed by atoms with Crippen LogP contribution in [0.1, 0.15) is 16.7 Å². The van der Waals surface area contributed by atoms with Crippen LogP contribution < -0.4 is 9.47 Å². The molecule has 0 saturated carbocycles. The molecule has 0 aliphatic heterocycles. The Morgan fingerprint density at radius 1 is 1.03 bits per heavy atom. The van der Waals surface area contributed by atoms with Crippen LogP contribution in [0, 0.1) is 18.3 Å². The fourth-order valence-corrected chi connectivity index (χ4v) is 2.71. The van der Waals surface area contributed by atoms with Crippen LogP contribution in [0.3, 0.4) is 0 Å². The molecule has 0 fully saturated rings. The third kappa shape index (κ3) is 5.97. The van der Waals surface area contributed by atoms with Gasteiger partial charge in [-0.3, -0.25) is 0 Å². The Kier molecular flexibility index (Phi) is 6.67. The maximum atomic E-state index is 12.1. The normalized spacial score (nSPS) is 10.9. The molecule has 0 unspecified atom stereocenters. The summed E-state index contributed by atoms with van der Waals surface area (Å²) in [5.74, 6) is 0.473. The van der Waals surface area contributed by atoms with E-state index in [1.807, 2.05) is 25.1 Å². The summed E-state index contributed by atoms with van der Waals surface area (Å²) < 4.78 is 10.8. The summed E-state index contributed by atoms with van der Waals surface area (Å²) in [7, 11) is 0. The van der Waals surface area contributed by atoms with E-state index < -0.39 is 5.97 Å². The quantitative estimate of drug-likeness (QED) is 0.229. The maximum Gasteiger partial charge on any atom is 0.349 e. The van der Waals surface area contributed by atoms with Crippen LogP contribution in [0.15, 0.2) is 72.8 Å². The second-order valence-electron chi connectivity index (χ2n) is 6.32. The first-order valence-electron chi connectivity index (χ1n) is 8.91. The minimum atomic E-state index is -0.509. The zero-order valence-corrected chi connectivity index (χ0v) is 16.5. The number of carbonyl (C=O) groups is 1. The molecule has 0 amide bonds. The van der Waals surface area contributed by atoms with Gasteiger partial charge in [0.25, 0.3) is 0 Å². The lowest BCUT2D eigenvalue weighted by atomic mass is 10.0. The summed E-state index contributed by atoms with van der Waals surface area (Å²) in [6.45, 7) is 1.78. The predicted molar refractivity (Wildman–Crippen MR) is 114 cm³/mol. The number of rotatable bonds is 6. The molecule has 0 radical (unpaired) electrons. The Bertz CT molecular complexity index is 1060. The van der Waals surface area contributed by atoms with Crippen molar-refractivity contribution in [3.8, 4) is 17.6 Å². The molecule has 0 aliphatic rings. The average Bonchev–Trinajstić information content (AvgIpc) is 2.73. The summed E-state index contributed by atoms with van der Waals surface area (Å²) >= 11 is 5.90. The van der Waals surface area contributed by atoms with E-state index >= 15 is 0 Å². The zero-order chi connectivity index (χ0) is 20.6. The first-order valence-corrected chi connectivity index (χ1v) is 9.29. The van der Waals surface area contributed by atoms with E-state index in [-0.39, 0.29) is 6.61 Å². The van der Waals surface area contributed by atoms with E-state index in [2.05, 4.69) is 6.07 Å². The van der Waals surface area contributed by atoms with Gasteiger partial charge in [-0.25, -0.2) is 4.79 Å². The molecule has 0 bridgehead atoms. The van der Waals surface area contributed by atoms with Gasteiger partial charge in [0.2, 0.25) is 0 Å². The Hall–Kier alpha value is -3.55. The number of halogens is 1. The highest BCUT2D eigenvalue weighted by Gasteiger charge is 2.07. The van der Waals surface area contributed by atoms with Gasteiger partial charge >= 0.3 is 5.97 Å². The number of hydrogen-bond acceptors (Lipinski definition) is 4. The summed E-state index contributed by atoms with van der Waals surface area (Å²) in [4.78, 5) is 12.1.